The topological polar surface area (TPSA) is 49.3 Å². The lowest BCUT2D eigenvalue weighted by molar-refractivity contribution is -0.132. The van der Waals surface area contributed by atoms with Gasteiger partial charge in [-0.1, -0.05) is 13.0 Å². The fourth-order valence-corrected chi connectivity index (χ4v) is 0.820. The first-order valence-electron chi connectivity index (χ1n) is 4.21. The molecule has 0 spiro atoms. The van der Waals surface area contributed by atoms with Crippen LogP contribution in [0.5, 0.6) is 0 Å². The van der Waals surface area contributed by atoms with Crippen LogP contribution in [-0.2, 0) is 4.79 Å². The van der Waals surface area contributed by atoms with E-state index in [2.05, 4.69) is 5.32 Å². The quantitative estimate of drug-likeness (QED) is 0.615. The van der Waals surface area contributed by atoms with E-state index in [0.717, 1.165) is 6.42 Å². The second-order valence-corrected chi connectivity index (χ2v) is 2.81. The number of hydrogen-bond donors (Lipinski definition) is 2. The maximum Gasteiger partial charge on any atom is 0.331 e. The molecule has 1 unspecified atom stereocenters. The molecular formula is C9H17NO2. The largest absolute Gasteiger partial charge is 0.478 e. The van der Waals surface area contributed by atoms with Gasteiger partial charge in [-0.2, -0.15) is 0 Å². The third-order valence-electron chi connectivity index (χ3n) is 1.87. The second-order valence-electron chi connectivity index (χ2n) is 2.81. The van der Waals surface area contributed by atoms with E-state index in [4.69, 9.17) is 5.11 Å². The normalized spacial score (nSPS) is 14.4. The van der Waals surface area contributed by atoms with Gasteiger partial charge in [0.15, 0.2) is 0 Å². The monoisotopic (exact) mass is 171 g/mol. The molecule has 0 aromatic rings. The summed E-state index contributed by atoms with van der Waals surface area (Å²) in [7, 11) is 1.87. The Kier molecular flexibility index (Phi) is 5.37. The van der Waals surface area contributed by atoms with Crippen LogP contribution in [0.15, 0.2) is 11.6 Å². The highest BCUT2D eigenvalue weighted by Crippen LogP contribution is 2.03. The lowest BCUT2D eigenvalue weighted by Crippen LogP contribution is -2.20. The maximum atomic E-state index is 10.5. The van der Waals surface area contributed by atoms with E-state index >= 15 is 0 Å². The molecule has 0 saturated heterocycles. The highest BCUT2D eigenvalue weighted by atomic mass is 16.4. The summed E-state index contributed by atoms with van der Waals surface area (Å²) < 4.78 is 0. The number of carboxylic acid groups (broad SMARTS) is 1. The molecule has 0 heterocycles. The maximum absolute atomic E-state index is 10.5. The van der Waals surface area contributed by atoms with Gasteiger partial charge in [-0.05, 0) is 26.8 Å². The Hall–Kier alpha value is -0.830. The smallest absolute Gasteiger partial charge is 0.331 e. The molecule has 0 aliphatic rings. The Balaban J connectivity index is 4.03. The Morgan fingerprint density at radius 2 is 2.25 bits per heavy atom. The van der Waals surface area contributed by atoms with Crippen molar-refractivity contribution in [1.82, 2.24) is 5.32 Å². The van der Waals surface area contributed by atoms with Crippen molar-refractivity contribution in [2.75, 3.05) is 7.05 Å². The fourth-order valence-electron chi connectivity index (χ4n) is 0.820. The SMILES string of the molecule is CCC(=CCC(C)NC)C(=O)O. The van der Waals surface area contributed by atoms with E-state index in [1.54, 1.807) is 6.08 Å². The summed E-state index contributed by atoms with van der Waals surface area (Å²) in [5.74, 6) is -0.805. The van der Waals surface area contributed by atoms with Crippen LogP contribution in [0.25, 0.3) is 0 Å². The van der Waals surface area contributed by atoms with Crippen molar-refractivity contribution in [3.05, 3.63) is 11.6 Å². The molecule has 0 saturated carbocycles. The molecule has 70 valence electrons. The molecule has 0 bridgehead atoms. The van der Waals surface area contributed by atoms with Crippen molar-refractivity contribution < 1.29 is 9.90 Å². The highest BCUT2D eigenvalue weighted by molar-refractivity contribution is 5.86. The van der Waals surface area contributed by atoms with Crippen molar-refractivity contribution in [3.63, 3.8) is 0 Å². The van der Waals surface area contributed by atoms with Crippen molar-refractivity contribution in [3.8, 4) is 0 Å². The van der Waals surface area contributed by atoms with Crippen LogP contribution >= 0.6 is 0 Å². The van der Waals surface area contributed by atoms with Crippen molar-refractivity contribution in [2.45, 2.75) is 32.7 Å². The zero-order chi connectivity index (χ0) is 9.56. The third-order valence-corrected chi connectivity index (χ3v) is 1.87. The molecule has 1 atom stereocenters. The van der Waals surface area contributed by atoms with Crippen molar-refractivity contribution >= 4 is 5.97 Å². The summed E-state index contributed by atoms with van der Waals surface area (Å²) in [5.41, 5.74) is 0.497. The molecule has 0 aromatic carbocycles. The van der Waals surface area contributed by atoms with Gasteiger partial charge in [-0.25, -0.2) is 4.79 Å². The predicted octanol–water partition coefficient (Wildman–Crippen LogP) is 1.41. The van der Waals surface area contributed by atoms with Gasteiger partial charge in [-0.15, -0.1) is 0 Å². The van der Waals surface area contributed by atoms with Gasteiger partial charge in [0, 0.05) is 11.6 Å². The fraction of sp³-hybridized carbons (Fsp3) is 0.667. The van der Waals surface area contributed by atoms with Crippen LogP contribution in [0.2, 0.25) is 0 Å². The van der Waals surface area contributed by atoms with Gasteiger partial charge in [0.25, 0.3) is 0 Å². The molecule has 0 aromatic heterocycles. The number of hydrogen-bond acceptors (Lipinski definition) is 2. The number of nitrogens with one attached hydrogen (secondary N) is 1. The van der Waals surface area contributed by atoms with Crippen molar-refractivity contribution in [1.29, 1.82) is 0 Å². The van der Waals surface area contributed by atoms with Crippen LogP contribution in [0, 0.1) is 0 Å². The Morgan fingerprint density at radius 1 is 1.67 bits per heavy atom. The zero-order valence-corrected chi connectivity index (χ0v) is 7.92. The molecule has 3 nitrogen and oxygen atoms in total. The summed E-state index contributed by atoms with van der Waals surface area (Å²) in [4.78, 5) is 10.5. The van der Waals surface area contributed by atoms with Gasteiger partial charge >= 0.3 is 5.97 Å². The Morgan fingerprint density at radius 3 is 2.58 bits per heavy atom. The lowest BCUT2D eigenvalue weighted by atomic mass is 10.1. The number of carboxylic acids is 1. The van der Waals surface area contributed by atoms with Gasteiger partial charge in [0.05, 0.1) is 0 Å². The molecular weight excluding hydrogens is 154 g/mol. The summed E-state index contributed by atoms with van der Waals surface area (Å²) in [6, 6.07) is 0.339. The summed E-state index contributed by atoms with van der Waals surface area (Å²) >= 11 is 0. The molecule has 3 heteroatoms. The van der Waals surface area contributed by atoms with E-state index in [0.29, 0.717) is 18.0 Å². The number of rotatable bonds is 5. The number of carbonyl (C=O) groups is 1. The molecule has 0 amide bonds. The average Bonchev–Trinajstić information content (AvgIpc) is 2.04. The standard InChI is InChI=1S/C9H17NO2/c1-4-8(9(11)12)6-5-7(2)10-3/h6-7,10H,4-5H2,1-3H3,(H,11,12). The van der Waals surface area contributed by atoms with Gasteiger partial charge < -0.3 is 10.4 Å². The van der Waals surface area contributed by atoms with Crippen LogP contribution in [0.3, 0.4) is 0 Å². The van der Waals surface area contributed by atoms with Gasteiger partial charge in [0.2, 0.25) is 0 Å². The zero-order valence-electron chi connectivity index (χ0n) is 7.92. The first-order chi connectivity index (χ1) is 5.61. The minimum absolute atomic E-state index is 0.339. The van der Waals surface area contributed by atoms with Gasteiger partial charge in [-0.3, -0.25) is 0 Å². The average molecular weight is 171 g/mol. The Bertz CT molecular complexity index is 175. The van der Waals surface area contributed by atoms with Gasteiger partial charge in [0.1, 0.15) is 0 Å². The molecule has 0 aliphatic carbocycles. The minimum atomic E-state index is -0.805. The first-order valence-corrected chi connectivity index (χ1v) is 4.21. The van der Waals surface area contributed by atoms with E-state index in [1.165, 1.54) is 0 Å². The van der Waals surface area contributed by atoms with Crippen LogP contribution < -0.4 is 5.32 Å². The van der Waals surface area contributed by atoms with E-state index in [1.807, 2.05) is 20.9 Å². The molecule has 0 aliphatic heterocycles. The third kappa shape index (κ3) is 4.13. The van der Waals surface area contributed by atoms with Crippen molar-refractivity contribution in [2.24, 2.45) is 0 Å². The van der Waals surface area contributed by atoms with Crippen LogP contribution in [0.4, 0.5) is 0 Å². The Labute approximate surface area is 73.5 Å². The number of aliphatic carboxylic acids is 1. The molecule has 0 fully saturated rings. The van der Waals surface area contributed by atoms with E-state index < -0.39 is 5.97 Å². The summed E-state index contributed by atoms with van der Waals surface area (Å²) in [6.45, 7) is 3.87. The molecule has 0 radical (unpaired) electrons. The first kappa shape index (κ1) is 11.2. The summed E-state index contributed by atoms with van der Waals surface area (Å²) in [6.07, 6.45) is 3.14. The van der Waals surface area contributed by atoms with E-state index in [9.17, 15) is 4.79 Å². The van der Waals surface area contributed by atoms with Crippen LogP contribution in [0.1, 0.15) is 26.7 Å². The molecule has 12 heavy (non-hydrogen) atoms. The second kappa shape index (κ2) is 5.77. The predicted molar refractivity (Wildman–Crippen MR) is 49.1 cm³/mol. The summed E-state index contributed by atoms with van der Waals surface area (Å²) in [5, 5.41) is 11.7. The molecule has 0 rings (SSSR count). The van der Waals surface area contributed by atoms with Crippen LogP contribution in [-0.4, -0.2) is 24.2 Å². The highest BCUT2D eigenvalue weighted by Gasteiger charge is 2.04. The minimum Gasteiger partial charge on any atom is -0.478 e. The molecule has 2 N–H and O–H groups in total. The lowest BCUT2D eigenvalue weighted by Gasteiger charge is -2.06. The van der Waals surface area contributed by atoms with E-state index in [-0.39, 0.29) is 0 Å².